The molecule has 0 aromatic carbocycles. The van der Waals surface area contributed by atoms with Crippen molar-refractivity contribution < 1.29 is 4.79 Å². The standard InChI is InChI=1S/C13H21N3OS/c1-8(2)12(13(17)15-14)16-6-4-11-10(9(16)3)5-7-18-11/h5,7-9,12H,4,6,14H2,1-3H3,(H,15,17). The predicted octanol–water partition coefficient (Wildman–Crippen LogP) is 1.68. The Bertz CT molecular complexity index is 430. The van der Waals surface area contributed by atoms with E-state index in [2.05, 4.69) is 42.5 Å². The molecular formula is C13H21N3OS. The molecule has 1 aromatic heterocycles. The number of amides is 1. The zero-order valence-corrected chi connectivity index (χ0v) is 12.0. The van der Waals surface area contributed by atoms with Gasteiger partial charge in [0.1, 0.15) is 0 Å². The molecule has 2 heterocycles. The Labute approximate surface area is 112 Å². The topological polar surface area (TPSA) is 58.4 Å². The second-order valence-electron chi connectivity index (χ2n) is 5.16. The van der Waals surface area contributed by atoms with Crippen molar-refractivity contribution in [2.45, 2.75) is 39.3 Å². The molecule has 0 saturated carbocycles. The first kappa shape index (κ1) is 13.5. The average molecular weight is 267 g/mol. The SMILES string of the molecule is CC(C)C(C(=O)NN)N1CCc2sccc2C1C. The lowest BCUT2D eigenvalue weighted by Gasteiger charge is -2.40. The van der Waals surface area contributed by atoms with E-state index in [4.69, 9.17) is 5.84 Å². The minimum atomic E-state index is -0.155. The molecule has 5 heteroatoms. The fourth-order valence-corrected chi connectivity index (χ4v) is 3.79. The molecule has 1 aliphatic rings. The monoisotopic (exact) mass is 267 g/mol. The molecule has 0 saturated heterocycles. The first-order valence-electron chi connectivity index (χ1n) is 6.38. The lowest BCUT2D eigenvalue weighted by atomic mass is 9.94. The van der Waals surface area contributed by atoms with Crippen LogP contribution in [0.3, 0.4) is 0 Å². The second kappa shape index (κ2) is 5.38. The molecular weight excluding hydrogens is 246 g/mol. The molecule has 18 heavy (non-hydrogen) atoms. The summed E-state index contributed by atoms with van der Waals surface area (Å²) >= 11 is 1.81. The fraction of sp³-hybridized carbons (Fsp3) is 0.615. The van der Waals surface area contributed by atoms with Crippen molar-refractivity contribution in [1.82, 2.24) is 10.3 Å². The number of hydrogen-bond acceptors (Lipinski definition) is 4. The van der Waals surface area contributed by atoms with Crippen LogP contribution >= 0.6 is 11.3 Å². The summed E-state index contributed by atoms with van der Waals surface area (Å²) in [5.74, 6) is 5.47. The van der Waals surface area contributed by atoms with E-state index in [1.807, 2.05) is 11.3 Å². The van der Waals surface area contributed by atoms with Gasteiger partial charge in [0.05, 0.1) is 6.04 Å². The molecule has 4 nitrogen and oxygen atoms in total. The Morgan fingerprint density at radius 1 is 1.61 bits per heavy atom. The van der Waals surface area contributed by atoms with E-state index in [9.17, 15) is 4.79 Å². The molecule has 2 rings (SSSR count). The van der Waals surface area contributed by atoms with Crippen molar-refractivity contribution in [3.63, 3.8) is 0 Å². The predicted molar refractivity (Wildman–Crippen MR) is 74.1 cm³/mol. The summed E-state index contributed by atoms with van der Waals surface area (Å²) < 4.78 is 0. The Morgan fingerprint density at radius 2 is 2.33 bits per heavy atom. The second-order valence-corrected chi connectivity index (χ2v) is 6.16. The van der Waals surface area contributed by atoms with Crippen molar-refractivity contribution in [2.75, 3.05) is 6.54 Å². The van der Waals surface area contributed by atoms with Gasteiger partial charge < -0.3 is 0 Å². The number of thiophene rings is 1. The third kappa shape index (κ3) is 2.30. The molecule has 1 amide bonds. The van der Waals surface area contributed by atoms with Crippen molar-refractivity contribution in [1.29, 1.82) is 0 Å². The lowest BCUT2D eigenvalue weighted by molar-refractivity contribution is -0.129. The van der Waals surface area contributed by atoms with Crippen LogP contribution in [0.15, 0.2) is 11.4 Å². The molecule has 0 aliphatic carbocycles. The Kier molecular flexibility index (Phi) is 4.04. The quantitative estimate of drug-likeness (QED) is 0.498. The highest BCUT2D eigenvalue weighted by Crippen LogP contribution is 2.35. The van der Waals surface area contributed by atoms with Crippen LogP contribution in [0.25, 0.3) is 0 Å². The molecule has 100 valence electrons. The van der Waals surface area contributed by atoms with E-state index >= 15 is 0 Å². The van der Waals surface area contributed by atoms with Gasteiger partial charge in [-0.25, -0.2) is 5.84 Å². The largest absolute Gasteiger partial charge is 0.293 e. The van der Waals surface area contributed by atoms with Crippen LogP contribution in [0.2, 0.25) is 0 Å². The van der Waals surface area contributed by atoms with Crippen LogP contribution < -0.4 is 11.3 Å². The Hall–Kier alpha value is -0.910. The van der Waals surface area contributed by atoms with Crippen molar-refractivity contribution in [3.05, 3.63) is 21.9 Å². The fourth-order valence-electron chi connectivity index (χ4n) is 2.83. The highest BCUT2D eigenvalue weighted by Gasteiger charge is 2.35. The Balaban J connectivity index is 2.25. The highest BCUT2D eigenvalue weighted by atomic mass is 32.1. The summed E-state index contributed by atoms with van der Waals surface area (Å²) in [6.45, 7) is 7.22. The summed E-state index contributed by atoms with van der Waals surface area (Å²) in [6, 6.07) is 2.30. The smallest absolute Gasteiger partial charge is 0.251 e. The lowest BCUT2D eigenvalue weighted by Crippen LogP contribution is -2.53. The number of nitrogens with zero attached hydrogens (tertiary/aromatic N) is 1. The first-order valence-corrected chi connectivity index (χ1v) is 7.26. The molecule has 0 radical (unpaired) electrons. The summed E-state index contributed by atoms with van der Waals surface area (Å²) in [5.41, 5.74) is 3.67. The number of hydrogen-bond donors (Lipinski definition) is 2. The van der Waals surface area contributed by atoms with Crippen LogP contribution in [-0.2, 0) is 11.2 Å². The molecule has 2 unspecified atom stereocenters. The minimum absolute atomic E-state index is 0.0875. The van der Waals surface area contributed by atoms with Gasteiger partial charge in [-0.2, -0.15) is 0 Å². The highest BCUT2D eigenvalue weighted by molar-refractivity contribution is 7.10. The van der Waals surface area contributed by atoms with E-state index < -0.39 is 0 Å². The van der Waals surface area contributed by atoms with E-state index in [1.54, 1.807) is 0 Å². The van der Waals surface area contributed by atoms with E-state index in [0.717, 1.165) is 13.0 Å². The molecule has 0 fully saturated rings. The molecule has 3 N–H and O–H groups in total. The maximum Gasteiger partial charge on any atom is 0.251 e. The number of rotatable bonds is 3. The normalized spacial score (nSPS) is 21.7. The summed E-state index contributed by atoms with van der Waals surface area (Å²) in [6.07, 6.45) is 1.03. The van der Waals surface area contributed by atoms with Gasteiger partial charge in [-0.3, -0.25) is 15.1 Å². The van der Waals surface area contributed by atoms with Crippen LogP contribution in [0.5, 0.6) is 0 Å². The van der Waals surface area contributed by atoms with Crippen molar-refractivity contribution in [3.8, 4) is 0 Å². The number of nitrogens with two attached hydrogens (primary N) is 1. The number of nitrogens with one attached hydrogen (secondary N) is 1. The maximum absolute atomic E-state index is 12.0. The Morgan fingerprint density at radius 3 is 2.94 bits per heavy atom. The number of hydrazine groups is 1. The first-order chi connectivity index (χ1) is 8.56. The summed E-state index contributed by atoms with van der Waals surface area (Å²) in [4.78, 5) is 15.7. The van der Waals surface area contributed by atoms with Gasteiger partial charge in [0.2, 0.25) is 0 Å². The van der Waals surface area contributed by atoms with Gasteiger partial charge in [-0.05, 0) is 36.3 Å². The molecule has 0 bridgehead atoms. The average Bonchev–Trinajstić information content (AvgIpc) is 2.80. The van der Waals surface area contributed by atoms with E-state index in [1.165, 1.54) is 10.4 Å². The minimum Gasteiger partial charge on any atom is -0.293 e. The van der Waals surface area contributed by atoms with E-state index in [0.29, 0.717) is 0 Å². The molecule has 1 aromatic rings. The van der Waals surface area contributed by atoms with Gasteiger partial charge in [0, 0.05) is 17.5 Å². The number of carbonyl (C=O) groups excluding carboxylic acids is 1. The zero-order valence-electron chi connectivity index (χ0n) is 11.1. The third-order valence-corrected chi connectivity index (χ3v) is 4.72. The molecule has 2 atom stereocenters. The van der Waals surface area contributed by atoms with Crippen LogP contribution in [0.4, 0.5) is 0 Å². The molecule has 0 spiro atoms. The van der Waals surface area contributed by atoms with E-state index in [-0.39, 0.29) is 23.9 Å². The zero-order chi connectivity index (χ0) is 13.3. The van der Waals surface area contributed by atoms with Crippen LogP contribution in [0.1, 0.15) is 37.3 Å². The maximum atomic E-state index is 12.0. The molecule has 1 aliphatic heterocycles. The van der Waals surface area contributed by atoms with Gasteiger partial charge in [0.15, 0.2) is 0 Å². The van der Waals surface area contributed by atoms with Crippen LogP contribution in [-0.4, -0.2) is 23.4 Å². The van der Waals surface area contributed by atoms with Crippen molar-refractivity contribution in [2.24, 2.45) is 11.8 Å². The van der Waals surface area contributed by atoms with Gasteiger partial charge in [0.25, 0.3) is 5.91 Å². The van der Waals surface area contributed by atoms with Gasteiger partial charge in [-0.1, -0.05) is 13.8 Å². The van der Waals surface area contributed by atoms with Crippen molar-refractivity contribution >= 4 is 17.2 Å². The number of carbonyl (C=O) groups is 1. The van der Waals surface area contributed by atoms with Gasteiger partial charge in [-0.15, -0.1) is 11.3 Å². The summed E-state index contributed by atoms with van der Waals surface area (Å²) in [5, 5.41) is 2.14. The number of fused-ring (bicyclic) bond motifs is 1. The van der Waals surface area contributed by atoms with Gasteiger partial charge >= 0.3 is 0 Å². The van der Waals surface area contributed by atoms with Crippen LogP contribution in [0, 0.1) is 5.92 Å². The summed E-state index contributed by atoms with van der Waals surface area (Å²) in [7, 11) is 0. The third-order valence-electron chi connectivity index (χ3n) is 3.72.